The molecule has 0 amide bonds. The molecule has 0 bridgehead atoms. The first-order chi connectivity index (χ1) is 8.96. The van der Waals surface area contributed by atoms with Crippen molar-refractivity contribution in [3.63, 3.8) is 0 Å². The highest BCUT2D eigenvalue weighted by Gasteiger charge is 2.33. The lowest BCUT2D eigenvalue weighted by atomic mass is 10.2. The second kappa shape index (κ2) is 6.26. The molecule has 0 radical (unpaired) electrons. The minimum absolute atomic E-state index is 0.0858. The molecule has 0 unspecified atom stereocenters. The summed E-state index contributed by atoms with van der Waals surface area (Å²) in [6, 6.07) is 1.60. The summed E-state index contributed by atoms with van der Waals surface area (Å²) >= 11 is 10.4. The van der Waals surface area contributed by atoms with Crippen molar-refractivity contribution in [3.8, 4) is 0 Å². The molecule has 0 spiro atoms. The van der Waals surface area contributed by atoms with Gasteiger partial charge in [0.15, 0.2) is 0 Å². The Hall–Kier alpha value is 0.120. The van der Waals surface area contributed by atoms with Crippen molar-refractivity contribution < 1.29 is 8.42 Å². The summed E-state index contributed by atoms with van der Waals surface area (Å²) in [7, 11) is -3.48. The first-order valence-corrected chi connectivity index (χ1v) is 9.47. The van der Waals surface area contributed by atoms with E-state index in [-0.39, 0.29) is 10.3 Å². The van der Waals surface area contributed by atoms with Crippen LogP contribution in [0.1, 0.15) is 25.7 Å². The Labute approximate surface area is 131 Å². The zero-order valence-corrected chi connectivity index (χ0v) is 14.3. The van der Waals surface area contributed by atoms with Crippen LogP contribution in [0.4, 0.5) is 0 Å². The van der Waals surface area contributed by atoms with Crippen molar-refractivity contribution >= 4 is 48.9 Å². The van der Waals surface area contributed by atoms with Gasteiger partial charge in [0.05, 0.1) is 8.81 Å². The molecule has 0 atom stereocenters. The smallest absolute Gasteiger partial charge is 0.206 e. The van der Waals surface area contributed by atoms with E-state index >= 15 is 0 Å². The van der Waals surface area contributed by atoms with Crippen molar-refractivity contribution in [2.24, 2.45) is 0 Å². The van der Waals surface area contributed by atoms with Gasteiger partial charge in [-0.1, -0.05) is 30.5 Å². The van der Waals surface area contributed by atoms with Crippen LogP contribution in [0.5, 0.6) is 0 Å². The fourth-order valence-electron chi connectivity index (χ4n) is 2.33. The van der Waals surface area contributed by atoms with Gasteiger partial charge in [-0.3, -0.25) is 0 Å². The molecule has 1 aliphatic rings. The van der Waals surface area contributed by atoms with E-state index in [1.54, 1.807) is 10.4 Å². The zero-order chi connectivity index (χ0) is 14.0. The van der Waals surface area contributed by atoms with E-state index in [1.807, 2.05) is 0 Å². The molecule has 1 aliphatic carbocycles. The fourth-order valence-corrected chi connectivity index (χ4v) is 6.52. The van der Waals surface area contributed by atoms with Gasteiger partial charge >= 0.3 is 0 Å². The van der Waals surface area contributed by atoms with Gasteiger partial charge < -0.3 is 0 Å². The molecule has 7 heteroatoms. The highest BCUT2D eigenvalue weighted by molar-refractivity contribution is 9.11. The predicted octanol–water partition coefficient (Wildman–Crippen LogP) is 4.28. The van der Waals surface area contributed by atoms with Crippen LogP contribution in [0.15, 0.2) is 26.7 Å². The van der Waals surface area contributed by atoms with Crippen molar-refractivity contribution in [1.29, 1.82) is 0 Å². The average molecular weight is 385 g/mol. The highest BCUT2D eigenvalue weighted by Crippen LogP contribution is 2.37. The van der Waals surface area contributed by atoms with Crippen LogP contribution in [0.25, 0.3) is 0 Å². The highest BCUT2D eigenvalue weighted by atomic mass is 79.9. The molecule has 0 saturated heterocycles. The summed E-state index contributed by atoms with van der Waals surface area (Å²) in [5, 5.41) is 0.438. The number of hydrogen-bond acceptors (Lipinski definition) is 3. The molecule has 1 fully saturated rings. The summed E-state index contributed by atoms with van der Waals surface area (Å²) < 4.78 is 27.9. The van der Waals surface area contributed by atoms with E-state index in [0.29, 0.717) is 15.4 Å². The van der Waals surface area contributed by atoms with Gasteiger partial charge in [-0.25, -0.2) is 8.42 Å². The third-order valence-corrected chi connectivity index (χ3v) is 8.07. The average Bonchev–Trinajstić information content (AvgIpc) is 2.97. The van der Waals surface area contributed by atoms with Gasteiger partial charge in [-0.15, -0.1) is 17.9 Å². The first-order valence-electron chi connectivity index (χ1n) is 6.04. The number of halogens is 2. The van der Waals surface area contributed by atoms with Gasteiger partial charge in [-0.05, 0) is 34.8 Å². The summed E-state index contributed by atoms with van der Waals surface area (Å²) in [6.45, 7) is 4.01. The van der Waals surface area contributed by atoms with Gasteiger partial charge in [0.25, 0.3) is 10.0 Å². The first kappa shape index (κ1) is 15.5. The van der Waals surface area contributed by atoms with E-state index in [2.05, 4.69) is 22.5 Å². The third kappa shape index (κ3) is 3.24. The molecule has 1 aromatic rings. The Morgan fingerprint density at radius 3 is 2.63 bits per heavy atom. The Kier molecular flexibility index (Phi) is 5.11. The van der Waals surface area contributed by atoms with Crippen LogP contribution in [-0.2, 0) is 10.0 Å². The molecular formula is C12H15BrClNO2S2. The van der Waals surface area contributed by atoms with Crippen LogP contribution in [0, 0.1) is 0 Å². The van der Waals surface area contributed by atoms with Crippen LogP contribution >= 0.6 is 38.9 Å². The van der Waals surface area contributed by atoms with Crippen LogP contribution < -0.4 is 0 Å². The van der Waals surface area contributed by atoms with Crippen molar-refractivity contribution in [1.82, 2.24) is 4.31 Å². The Morgan fingerprint density at radius 2 is 2.16 bits per heavy atom. The Bertz CT molecular complexity index is 545. The molecular weight excluding hydrogens is 370 g/mol. The molecule has 1 saturated carbocycles. The van der Waals surface area contributed by atoms with Crippen molar-refractivity contribution in [3.05, 3.63) is 27.5 Å². The number of hydrogen-bond donors (Lipinski definition) is 0. The topological polar surface area (TPSA) is 37.4 Å². The van der Waals surface area contributed by atoms with Crippen LogP contribution in [0.2, 0.25) is 5.02 Å². The molecule has 1 heterocycles. The molecule has 19 heavy (non-hydrogen) atoms. The lowest BCUT2D eigenvalue weighted by Gasteiger charge is -2.26. The monoisotopic (exact) mass is 383 g/mol. The van der Waals surface area contributed by atoms with Gasteiger partial charge in [-0.2, -0.15) is 4.31 Å². The molecule has 0 aliphatic heterocycles. The lowest BCUT2D eigenvalue weighted by molar-refractivity contribution is 0.348. The second-order valence-corrected chi connectivity index (χ2v) is 9.38. The summed E-state index contributed by atoms with van der Waals surface area (Å²) in [6.07, 6.45) is 5.66. The molecule has 0 aromatic carbocycles. The van der Waals surface area contributed by atoms with Gasteiger partial charge in [0.2, 0.25) is 0 Å². The van der Waals surface area contributed by atoms with Crippen LogP contribution in [-0.4, -0.2) is 25.3 Å². The van der Waals surface area contributed by atoms with Gasteiger partial charge in [0.1, 0.15) is 4.21 Å². The summed E-state index contributed by atoms with van der Waals surface area (Å²) in [4.78, 5) is 0. The van der Waals surface area contributed by atoms with Gasteiger partial charge in [0, 0.05) is 12.6 Å². The van der Waals surface area contributed by atoms with E-state index in [9.17, 15) is 8.42 Å². The summed E-state index contributed by atoms with van der Waals surface area (Å²) in [5.74, 6) is 0. The maximum absolute atomic E-state index is 12.7. The van der Waals surface area contributed by atoms with Crippen LogP contribution in [0.3, 0.4) is 0 Å². The number of sulfonamides is 1. The van der Waals surface area contributed by atoms with E-state index in [4.69, 9.17) is 11.6 Å². The van der Waals surface area contributed by atoms with Crippen molar-refractivity contribution in [2.45, 2.75) is 35.9 Å². The SMILES string of the molecule is C=CCN(C1CCCC1)S(=O)(=O)c1cc(Cl)c(Br)s1. The van der Waals surface area contributed by atoms with E-state index in [1.165, 1.54) is 6.07 Å². The largest absolute Gasteiger partial charge is 0.253 e. The maximum Gasteiger partial charge on any atom is 0.253 e. The third-order valence-electron chi connectivity index (χ3n) is 3.23. The number of nitrogens with zero attached hydrogens (tertiary/aromatic N) is 1. The normalized spacial score (nSPS) is 17.2. The van der Waals surface area contributed by atoms with E-state index < -0.39 is 10.0 Å². The Balaban J connectivity index is 2.35. The molecule has 106 valence electrons. The lowest BCUT2D eigenvalue weighted by Crippen LogP contribution is -2.38. The quantitative estimate of drug-likeness (QED) is 0.710. The molecule has 2 rings (SSSR count). The number of thiophene rings is 1. The molecule has 0 N–H and O–H groups in total. The zero-order valence-electron chi connectivity index (χ0n) is 10.3. The number of rotatable bonds is 5. The maximum atomic E-state index is 12.7. The fraction of sp³-hybridized carbons (Fsp3) is 0.500. The van der Waals surface area contributed by atoms with E-state index in [0.717, 1.165) is 37.0 Å². The Morgan fingerprint density at radius 1 is 1.53 bits per heavy atom. The minimum Gasteiger partial charge on any atom is -0.206 e. The second-order valence-electron chi connectivity index (χ2n) is 4.49. The minimum atomic E-state index is -3.48. The molecule has 1 aromatic heterocycles. The standard InChI is InChI=1S/C12H15BrClNO2S2/c1-2-7-15(9-5-3-4-6-9)19(16,17)11-8-10(14)12(13)18-11/h2,8-9H,1,3-7H2. The predicted molar refractivity (Wildman–Crippen MR) is 83.4 cm³/mol. The molecule has 3 nitrogen and oxygen atoms in total. The van der Waals surface area contributed by atoms with Crippen molar-refractivity contribution in [2.75, 3.05) is 6.54 Å². The summed E-state index contributed by atoms with van der Waals surface area (Å²) in [5.41, 5.74) is 0.